The minimum atomic E-state index is -0.847. The van der Waals surface area contributed by atoms with Gasteiger partial charge in [0.25, 0.3) is 5.91 Å². The van der Waals surface area contributed by atoms with Crippen LogP contribution in [0.4, 0.5) is 5.69 Å². The molecule has 132 valence electrons. The van der Waals surface area contributed by atoms with Gasteiger partial charge in [0.05, 0.1) is 0 Å². The second kappa shape index (κ2) is 6.67. The van der Waals surface area contributed by atoms with Crippen LogP contribution in [0, 0.1) is 0 Å². The van der Waals surface area contributed by atoms with Crippen LogP contribution in [0.1, 0.15) is 29.4 Å². The van der Waals surface area contributed by atoms with Gasteiger partial charge in [0.15, 0.2) is 6.10 Å². The Kier molecular flexibility index (Phi) is 4.21. The van der Waals surface area contributed by atoms with E-state index < -0.39 is 12.1 Å². The monoisotopic (exact) mass is 348 g/mol. The maximum Gasteiger partial charge on any atom is 0.355 e. The number of amides is 1. The van der Waals surface area contributed by atoms with Crippen molar-refractivity contribution in [1.29, 1.82) is 0 Å². The lowest BCUT2D eigenvalue weighted by Crippen LogP contribution is -2.42. The maximum atomic E-state index is 12.8. The van der Waals surface area contributed by atoms with Crippen LogP contribution in [0.25, 0.3) is 10.9 Å². The van der Waals surface area contributed by atoms with Gasteiger partial charge >= 0.3 is 5.97 Å². The number of nitrogens with zero attached hydrogens (tertiary/aromatic N) is 1. The molecule has 0 bridgehead atoms. The normalized spacial score (nSPS) is 14.7. The van der Waals surface area contributed by atoms with Crippen LogP contribution in [-0.4, -0.2) is 29.5 Å². The number of benzene rings is 2. The first-order valence-corrected chi connectivity index (χ1v) is 8.81. The van der Waals surface area contributed by atoms with Gasteiger partial charge in [0, 0.05) is 23.1 Å². The van der Waals surface area contributed by atoms with Gasteiger partial charge in [-0.25, -0.2) is 4.79 Å². The number of rotatable bonds is 3. The molecule has 0 saturated heterocycles. The number of esters is 1. The molecule has 0 fully saturated rings. The van der Waals surface area contributed by atoms with E-state index in [-0.39, 0.29) is 5.91 Å². The zero-order valence-corrected chi connectivity index (χ0v) is 14.6. The van der Waals surface area contributed by atoms with E-state index in [1.165, 1.54) is 0 Å². The number of anilines is 1. The molecule has 1 amide bonds. The Morgan fingerprint density at radius 3 is 2.73 bits per heavy atom. The Bertz CT molecular complexity index is 943. The molecular formula is C21H20N2O3. The number of para-hydroxylation sites is 2. The Hall–Kier alpha value is -3.08. The number of carbonyl (C=O) groups excluding carboxylic acids is 2. The van der Waals surface area contributed by atoms with Gasteiger partial charge in [0.1, 0.15) is 5.69 Å². The van der Waals surface area contributed by atoms with Crippen molar-refractivity contribution in [3.8, 4) is 0 Å². The predicted octanol–water partition coefficient (Wildman–Crippen LogP) is 3.69. The molecule has 0 aliphatic carbocycles. The number of carbonyl (C=O) groups is 2. The van der Waals surface area contributed by atoms with Crippen LogP contribution >= 0.6 is 0 Å². The van der Waals surface area contributed by atoms with E-state index in [4.69, 9.17) is 4.74 Å². The van der Waals surface area contributed by atoms with Crippen LogP contribution in [0.15, 0.2) is 54.6 Å². The highest BCUT2D eigenvalue weighted by Gasteiger charge is 2.28. The second-order valence-electron chi connectivity index (χ2n) is 6.54. The van der Waals surface area contributed by atoms with Crippen molar-refractivity contribution in [1.82, 2.24) is 4.98 Å². The molecule has 2 heterocycles. The lowest BCUT2D eigenvalue weighted by atomic mass is 10.0. The summed E-state index contributed by atoms with van der Waals surface area (Å²) in [6.45, 7) is 2.27. The number of fused-ring (bicyclic) bond motifs is 2. The third-order valence-electron chi connectivity index (χ3n) is 4.76. The number of aryl methyl sites for hydroxylation is 1. The summed E-state index contributed by atoms with van der Waals surface area (Å²) in [5.41, 5.74) is 3.28. The molecule has 1 aliphatic rings. The third kappa shape index (κ3) is 2.96. The molecule has 5 nitrogen and oxygen atoms in total. The Labute approximate surface area is 151 Å². The van der Waals surface area contributed by atoms with Crippen molar-refractivity contribution in [3.63, 3.8) is 0 Å². The van der Waals surface area contributed by atoms with E-state index in [1.54, 1.807) is 17.9 Å². The number of hydrogen-bond donors (Lipinski definition) is 1. The fourth-order valence-electron chi connectivity index (χ4n) is 3.44. The molecule has 3 aromatic rings. The van der Waals surface area contributed by atoms with E-state index in [9.17, 15) is 9.59 Å². The number of ether oxygens (including phenoxy) is 1. The van der Waals surface area contributed by atoms with E-state index in [2.05, 4.69) is 4.98 Å². The highest BCUT2D eigenvalue weighted by Crippen LogP contribution is 2.27. The molecule has 5 heteroatoms. The van der Waals surface area contributed by atoms with E-state index >= 15 is 0 Å². The van der Waals surface area contributed by atoms with Crippen molar-refractivity contribution in [2.24, 2.45) is 0 Å². The molecule has 1 atom stereocenters. The first kappa shape index (κ1) is 16.4. The molecule has 0 saturated carbocycles. The lowest BCUT2D eigenvalue weighted by molar-refractivity contribution is -0.126. The molecule has 1 N–H and O–H groups in total. The average Bonchev–Trinajstić information content (AvgIpc) is 3.11. The average molecular weight is 348 g/mol. The summed E-state index contributed by atoms with van der Waals surface area (Å²) in [5.74, 6) is -0.714. The number of hydrogen-bond acceptors (Lipinski definition) is 3. The SMILES string of the molecule is C[C@H](OC(=O)c1cc2ccccc2[nH]1)C(=O)N1CCCc2ccccc21. The largest absolute Gasteiger partial charge is 0.448 e. The number of H-pyrrole nitrogens is 1. The Morgan fingerprint density at radius 1 is 1.12 bits per heavy atom. The summed E-state index contributed by atoms with van der Waals surface area (Å²) in [7, 11) is 0. The first-order valence-electron chi connectivity index (χ1n) is 8.81. The fourth-order valence-corrected chi connectivity index (χ4v) is 3.44. The van der Waals surface area contributed by atoms with Crippen LogP contribution in [0.2, 0.25) is 0 Å². The van der Waals surface area contributed by atoms with Crippen molar-refractivity contribution in [2.45, 2.75) is 25.9 Å². The third-order valence-corrected chi connectivity index (χ3v) is 4.76. The van der Waals surface area contributed by atoms with E-state index in [0.717, 1.165) is 35.0 Å². The fraction of sp³-hybridized carbons (Fsp3) is 0.238. The molecular weight excluding hydrogens is 328 g/mol. The van der Waals surface area contributed by atoms with Gasteiger partial charge in [-0.05, 0) is 43.5 Å². The summed E-state index contributed by atoms with van der Waals surface area (Å²) in [4.78, 5) is 30.0. The quantitative estimate of drug-likeness (QED) is 0.734. The molecule has 1 aromatic heterocycles. The minimum absolute atomic E-state index is 0.193. The maximum absolute atomic E-state index is 12.8. The van der Waals surface area contributed by atoms with Crippen LogP contribution in [0.5, 0.6) is 0 Å². The summed E-state index contributed by atoms with van der Waals surface area (Å²) < 4.78 is 5.43. The first-order chi connectivity index (χ1) is 12.6. The van der Waals surface area contributed by atoms with E-state index in [1.807, 2.05) is 48.5 Å². The molecule has 2 aromatic carbocycles. The summed E-state index contributed by atoms with van der Waals surface area (Å²) in [5, 5.41) is 0.934. The van der Waals surface area contributed by atoms with Crippen LogP contribution in [-0.2, 0) is 16.0 Å². The Morgan fingerprint density at radius 2 is 1.88 bits per heavy atom. The topological polar surface area (TPSA) is 62.4 Å². The highest BCUT2D eigenvalue weighted by atomic mass is 16.5. The number of aromatic nitrogens is 1. The van der Waals surface area contributed by atoms with Crippen molar-refractivity contribution in [3.05, 3.63) is 65.9 Å². The number of aromatic amines is 1. The summed E-state index contributed by atoms with van der Waals surface area (Å²) >= 11 is 0. The summed E-state index contributed by atoms with van der Waals surface area (Å²) in [6, 6.07) is 17.2. The Balaban J connectivity index is 1.50. The lowest BCUT2D eigenvalue weighted by Gasteiger charge is -2.31. The van der Waals surface area contributed by atoms with Gasteiger partial charge in [-0.1, -0.05) is 36.4 Å². The van der Waals surface area contributed by atoms with Gasteiger partial charge in [-0.15, -0.1) is 0 Å². The zero-order valence-electron chi connectivity index (χ0n) is 14.6. The van der Waals surface area contributed by atoms with Crippen molar-refractivity contribution < 1.29 is 14.3 Å². The molecule has 4 rings (SSSR count). The standard InChI is InChI=1S/C21H20N2O3/c1-14(20(24)23-12-6-9-15-7-3-5-11-19(15)23)26-21(25)18-13-16-8-2-4-10-17(16)22-18/h2-5,7-8,10-11,13-14,22H,6,9,12H2,1H3/t14-/m0/s1. The molecule has 0 radical (unpaired) electrons. The summed E-state index contributed by atoms with van der Waals surface area (Å²) in [6.07, 6.45) is 1.02. The van der Waals surface area contributed by atoms with Crippen molar-refractivity contribution in [2.75, 3.05) is 11.4 Å². The smallest absolute Gasteiger partial charge is 0.355 e. The zero-order chi connectivity index (χ0) is 18.1. The minimum Gasteiger partial charge on any atom is -0.448 e. The van der Waals surface area contributed by atoms with Crippen LogP contribution < -0.4 is 4.90 Å². The number of nitrogens with one attached hydrogen (secondary N) is 1. The van der Waals surface area contributed by atoms with Crippen molar-refractivity contribution >= 4 is 28.5 Å². The van der Waals surface area contributed by atoms with E-state index in [0.29, 0.717) is 12.2 Å². The molecule has 1 aliphatic heterocycles. The highest BCUT2D eigenvalue weighted by molar-refractivity contribution is 6.00. The second-order valence-corrected chi connectivity index (χ2v) is 6.54. The van der Waals surface area contributed by atoms with Gasteiger partial charge in [-0.3, -0.25) is 4.79 Å². The van der Waals surface area contributed by atoms with Gasteiger partial charge < -0.3 is 14.6 Å². The predicted molar refractivity (Wildman–Crippen MR) is 100 cm³/mol. The van der Waals surface area contributed by atoms with Gasteiger partial charge in [-0.2, -0.15) is 0 Å². The van der Waals surface area contributed by atoms with Crippen LogP contribution in [0.3, 0.4) is 0 Å². The molecule has 0 unspecified atom stereocenters. The molecule has 0 spiro atoms. The van der Waals surface area contributed by atoms with Gasteiger partial charge in [0.2, 0.25) is 0 Å². The molecule has 26 heavy (non-hydrogen) atoms.